The minimum Gasteiger partial charge on any atom is -0.486 e. The molecule has 1 aliphatic heterocycles. The zero-order chi connectivity index (χ0) is 12.4. The van der Waals surface area contributed by atoms with E-state index in [1.807, 2.05) is 25.9 Å². The lowest BCUT2D eigenvalue weighted by Crippen LogP contribution is -2.32. The van der Waals surface area contributed by atoms with Crippen LogP contribution < -0.4 is 9.47 Å². The van der Waals surface area contributed by atoms with Gasteiger partial charge in [0.15, 0.2) is 17.3 Å². The van der Waals surface area contributed by atoms with Crippen molar-refractivity contribution in [2.75, 3.05) is 27.3 Å². The smallest absolute Gasteiger partial charge is 0.179 e. The molecule has 0 N–H and O–H groups in total. The van der Waals surface area contributed by atoms with Gasteiger partial charge in [0.1, 0.15) is 13.2 Å². The highest BCUT2D eigenvalue weighted by molar-refractivity contribution is 6.00. The SMILES string of the molecule is CC(C(=O)c1ccc2c(c1)OCCO2)N(C)C. The predicted molar refractivity (Wildman–Crippen MR) is 64.9 cm³/mol. The fraction of sp³-hybridized carbons (Fsp3) is 0.462. The highest BCUT2D eigenvalue weighted by Gasteiger charge is 2.20. The maximum absolute atomic E-state index is 12.1. The largest absolute Gasteiger partial charge is 0.486 e. The first-order valence-electron chi connectivity index (χ1n) is 5.70. The Labute approximate surface area is 101 Å². The molecule has 1 atom stereocenters. The molecule has 0 aromatic heterocycles. The van der Waals surface area contributed by atoms with Gasteiger partial charge in [-0.05, 0) is 39.2 Å². The molecule has 4 nitrogen and oxygen atoms in total. The standard InChI is InChI=1S/C13H17NO3/c1-9(14(2)3)13(15)10-4-5-11-12(8-10)17-7-6-16-11/h4-5,8-9H,6-7H2,1-3H3. The van der Waals surface area contributed by atoms with E-state index in [1.54, 1.807) is 18.2 Å². The van der Waals surface area contributed by atoms with Crippen molar-refractivity contribution in [2.45, 2.75) is 13.0 Å². The van der Waals surface area contributed by atoms with Crippen LogP contribution in [-0.2, 0) is 0 Å². The minimum atomic E-state index is -0.141. The summed E-state index contributed by atoms with van der Waals surface area (Å²) in [6, 6.07) is 5.20. The van der Waals surface area contributed by atoms with Crippen LogP contribution in [0.1, 0.15) is 17.3 Å². The third kappa shape index (κ3) is 2.42. The van der Waals surface area contributed by atoms with Gasteiger partial charge in [0, 0.05) is 5.56 Å². The Morgan fingerprint density at radius 1 is 1.24 bits per heavy atom. The van der Waals surface area contributed by atoms with E-state index in [-0.39, 0.29) is 11.8 Å². The Morgan fingerprint density at radius 2 is 1.88 bits per heavy atom. The van der Waals surface area contributed by atoms with Crippen molar-refractivity contribution in [1.29, 1.82) is 0 Å². The van der Waals surface area contributed by atoms with Crippen molar-refractivity contribution in [3.63, 3.8) is 0 Å². The van der Waals surface area contributed by atoms with Gasteiger partial charge < -0.3 is 9.47 Å². The molecule has 2 rings (SSSR count). The maximum Gasteiger partial charge on any atom is 0.179 e. The third-order valence-corrected chi connectivity index (χ3v) is 2.98. The van der Waals surface area contributed by atoms with Crippen LogP contribution in [0.3, 0.4) is 0 Å². The number of hydrogen-bond acceptors (Lipinski definition) is 4. The Hall–Kier alpha value is -1.55. The van der Waals surface area contributed by atoms with Crippen molar-refractivity contribution in [3.8, 4) is 11.5 Å². The molecular formula is C13H17NO3. The number of benzene rings is 1. The van der Waals surface area contributed by atoms with Crippen LogP contribution in [0.25, 0.3) is 0 Å². The summed E-state index contributed by atoms with van der Waals surface area (Å²) >= 11 is 0. The topological polar surface area (TPSA) is 38.8 Å². The molecule has 1 aromatic rings. The maximum atomic E-state index is 12.1. The van der Waals surface area contributed by atoms with Gasteiger partial charge in [0.2, 0.25) is 0 Å². The van der Waals surface area contributed by atoms with E-state index in [9.17, 15) is 4.79 Å². The number of ether oxygens (including phenoxy) is 2. The third-order valence-electron chi connectivity index (χ3n) is 2.98. The van der Waals surface area contributed by atoms with Gasteiger partial charge in [-0.1, -0.05) is 0 Å². The average Bonchev–Trinajstić information content (AvgIpc) is 2.36. The van der Waals surface area contributed by atoms with Gasteiger partial charge in [0.05, 0.1) is 6.04 Å². The van der Waals surface area contributed by atoms with E-state index in [0.717, 1.165) is 0 Å². The summed E-state index contributed by atoms with van der Waals surface area (Å²) in [6.07, 6.45) is 0. The lowest BCUT2D eigenvalue weighted by molar-refractivity contribution is 0.0889. The van der Waals surface area contributed by atoms with Crippen LogP contribution in [0.4, 0.5) is 0 Å². The molecule has 1 aliphatic rings. The minimum absolute atomic E-state index is 0.0898. The van der Waals surface area contributed by atoms with E-state index in [2.05, 4.69) is 0 Å². The Kier molecular flexibility index (Phi) is 3.33. The van der Waals surface area contributed by atoms with Gasteiger partial charge in [-0.15, -0.1) is 0 Å². The van der Waals surface area contributed by atoms with Crippen molar-refractivity contribution in [3.05, 3.63) is 23.8 Å². The fourth-order valence-electron chi connectivity index (χ4n) is 1.67. The summed E-state index contributed by atoms with van der Waals surface area (Å²) in [7, 11) is 3.78. The summed E-state index contributed by atoms with van der Waals surface area (Å²) in [6.45, 7) is 2.99. The molecule has 0 bridgehead atoms. The molecule has 1 aromatic carbocycles. The number of nitrogens with zero attached hydrogens (tertiary/aromatic N) is 1. The number of rotatable bonds is 3. The molecule has 0 saturated heterocycles. The number of carbonyl (C=O) groups is 1. The summed E-state index contributed by atoms with van der Waals surface area (Å²) < 4.78 is 10.9. The second-order valence-corrected chi connectivity index (χ2v) is 4.36. The van der Waals surface area contributed by atoms with Crippen LogP contribution in [-0.4, -0.2) is 44.0 Å². The van der Waals surface area contributed by atoms with E-state index in [4.69, 9.17) is 9.47 Å². The number of Topliss-reactive ketones (excluding diaryl/α,β-unsaturated/α-hetero) is 1. The van der Waals surface area contributed by atoms with E-state index in [0.29, 0.717) is 30.3 Å². The van der Waals surface area contributed by atoms with Crippen LogP contribution in [0.2, 0.25) is 0 Å². The quantitative estimate of drug-likeness (QED) is 0.746. The van der Waals surface area contributed by atoms with E-state index in [1.165, 1.54) is 0 Å². The fourth-order valence-corrected chi connectivity index (χ4v) is 1.67. The molecule has 0 amide bonds. The Morgan fingerprint density at radius 3 is 2.53 bits per heavy atom. The molecule has 1 heterocycles. The summed E-state index contributed by atoms with van der Waals surface area (Å²) in [4.78, 5) is 14.0. The Bertz CT molecular complexity index is 429. The molecule has 0 aliphatic carbocycles. The van der Waals surface area contributed by atoms with Crippen LogP contribution >= 0.6 is 0 Å². The summed E-state index contributed by atoms with van der Waals surface area (Å²) in [5.74, 6) is 1.46. The number of fused-ring (bicyclic) bond motifs is 1. The lowest BCUT2D eigenvalue weighted by Gasteiger charge is -2.21. The number of carbonyl (C=O) groups excluding carboxylic acids is 1. The van der Waals surface area contributed by atoms with E-state index < -0.39 is 0 Å². The molecule has 17 heavy (non-hydrogen) atoms. The molecule has 1 unspecified atom stereocenters. The first-order chi connectivity index (χ1) is 8.09. The van der Waals surface area contributed by atoms with Crippen LogP contribution in [0.5, 0.6) is 11.5 Å². The summed E-state index contributed by atoms with van der Waals surface area (Å²) in [5, 5.41) is 0. The van der Waals surface area contributed by atoms with Gasteiger partial charge in [-0.25, -0.2) is 0 Å². The zero-order valence-corrected chi connectivity index (χ0v) is 10.4. The van der Waals surface area contributed by atoms with Crippen molar-refractivity contribution < 1.29 is 14.3 Å². The van der Waals surface area contributed by atoms with Gasteiger partial charge in [-0.2, -0.15) is 0 Å². The second kappa shape index (κ2) is 4.75. The monoisotopic (exact) mass is 235 g/mol. The molecule has 0 spiro atoms. The lowest BCUT2D eigenvalue weighted by atomic mass is 10.0. The van der Waals surface area contributed by atoms with E-state index >= 15 is 0 Å². The molecule has 4 heteroatoms. The summed E-state index contributed by atoms with van der Waals surface area (Å²) in [5.41, 5.74) is 0.662. The Balaban J connectivity index is 2.25. The predicted octanol–water partition coefficient (Wildman–Crippen LogP) is 1.59. The van der Waals surface area contributed by atoms with Gasteiger partial charge >= 0.3 is 0 Å². The number of likely N-dealkylation sites (N-methyl/N-ethyl adjacent to an activating group) is 1. The molecule has 0 fully saturated rings. The number of ketones is 1. The normalized spacial score (nSPS) is 15.8. The highest BCUT2D eigenvalue weighted by Crippen LogP contribution is 2.31. The van der Waals surface area contributed by atoms with Crippen LogP contribution in [0, 0.1) is 0 Å². The first kappa shape index (κ1) is 11.9. The van der Waals surface area contributed by atoms with Crippen LogP contribution in [0.15, 0.2) is 18.2 Å². The van der Waals surface area contributed by atoms with Gasteiger partial charge in [-0.3, -0.25) is 9.69 Å². The highest BCUT2D eigenvalue weighted by atomic mass is 16.6. The molecule has 92 valence electrons. The van der Waals surface area contributed by atoms with Crippen molar-refractivity contribution in [2.24, 2.45) is 0 Å². The first-order valence-corrected chi connectivity index (χ1v) is 5.70. The molecule has 0 radical (unpaired) electrons. The molecule has 0 saturated carbocycles. The second-order valence-electron chi connectivity index (χ2n) is 4.36. The average molecular weight is 235 g/mol. The number of hydrogen-bond donors (Lipinski definition) is 0. The zero-order valence-electron chi connectivity index (χ0n) is 10.4. The molecular weight excluding hydrogens is 218 g/mol. The van der Waals surface area contributed by atoms with Crippen molar-refractivity contribution >= 4 is 5.78 Å². The van der Waals surface area contributed by atoms with Crippen molar-refractivity contribution in [1.82, 2.24) is 4.90 Å². The van der Waals surface area contributed by atoms with Gasteiger partial charge in [0.25, 0.3) is 0 Å².